The van der Waals surface area contributed by atoms with Crippen LogP contribution in [0.25, 0.3) is 0 Å². The van der Waals surface area contributed by atoms with Crippen LogP contribution >= 0.6 is 0 Å². The van der Waals surface area contributed by atoms with Crippen LogP contribution in [0.2, 0.25) is 18.1 Å². The maximum absolute atomic E-state index is 12.9. The van der Waals surface area contributed by atoms with E-state index in [9.17, 15) is 4.79 Å². The van der Waals surface area contributed by atoms with Crippen LogP contribution in [0.15, 0.2) is 11.6 Å². The van der Waals surface area contributed by atoms with Crippen molar-refractivity contribution in [2.75, 3.05) is 0 Å². The minimum atomic E-state index is -1.75. The molecule has 0 heterocycles. The Hall–Kier alpha value is -0.413. The van der Waals surface area contributed by atoms with Gasteiger partial charge in [0, 0.05) is 17.9 Å². The number of allylic oxidation sites excluding steroid dienone is 1. The second kappa shape index (κ2) is 8.36. The molecule has 4 aliphatic carbocycles. The van der Waals surface area contributed by atoms with Crippen molar-refractivity contribution in [3.8, 4) is 0 Å². The largest absolute Gasteiger partial charge is 0.414 e. The van der Waals surface area contributed by atoms with E-state index in [1.54, 1.807) is 5.57 Å². The molecule has 0 aromatic carbocycles. The van der Waals surface area contributed by atoms with Crippen LogP contribution < -0.4 is 0 Å². The molecule has 0 aliphatic heterocycles. The number of fused-ring (bicyclic) bond motifs is 5. The van der Waals surface area contributed by atoms with Gasteiger partial charge in [0.1, 0.15) is 5.78 Å². The third-order valence-corrected chi connectivity index (χ3v) is 15.6. The first-order valence-electron chi connectivity index (χ1n) is 13.8. The second-order valence-electron chi connectivity index (χ2n) is 13.9. The summed E-state index contributed by atoms with van der Waals surface area (Å²) < 4.78 is 6.94. The van der Waals surface area contributed by atoms with Gasteiger partial charge in [0.2, 0.25) is 0 Å². The zero-order valence-electron chi connectivity index (χ0n) is 22.4. The van der Waals surface area contributed by atoms with E-state index in [4.69, 9.17) is 4.43 Å². The molecular formula is C29H50O2Si. The van der Waals surface area contributed by atoms with Crippen LogP contribution in [0.1, 0.15) is 106 Å². The van der Waals surface area contributed by atoms with Crippen molar-refractivity contribution in [1.29, 1.82) is 0 Å². The maximum atomic E-state index is 12.9. The fourth-order valence-electron chi connectivity index (χ4n) is 7.97. The predicted molar refractivity (Wildman–Crippen MR) is 137 cm³/mol. The lowest BCUT2D eigenvalue weighted by atomic mass is 9.45. The monoisotopic (exact) mass is 458 g/mol. The lowest BCUT2D eigenvalue weighted by Crippen LogP contribution is -2.54. The maximum Gasteiger partial charge on any atom is 0.192 e. The Morgan fingerprint density at radius 1 is 1.06 bits per heavy atom. The van der Waals surface area contributed by atoms with Gasteiger partial charge in [-0.05, 0) is 92.2 Å². The van der Waals surface area contributed by atoms with Gasteiger partial charge >= 0.3 is 0 Å². The molecule has 0 N–H and O–H groups in total. The standard InChI is InChI=1S/C29H50O2Si/c1-9-10-11-20-18-21-19-22(31-32(7,8)27(2,3)4)14-16-28(21,5)24-15-17-29(6)23(26(20)24)12-13-25(29)30/h18,20,22-24,26H,9-17,19H2,1-8H3/t20-,22-,23-,24-,26-,28-,29-/m0/s1. The highest BCUT2D eigenvalue weighted by Crippen LogP contribution is 2.66. The molecule has 0 amide bonds. The number of carbonyl (C=O) groups excluding carboxylic acids is 1. The highest BCUT2D eigenvalue weighted by molar-refractivity contribution is 6.74. The van der Waals surface area contributed by atoms with Crippen molar-refractivity contribution in [3.05, 3.63) is 11.6 Å². The third kappa shape index (κ3) is 3.92. The Labute approximate surface area is 199 Å². The summed E-state index contributed by atoms with van der Waals surface area (Å²) >= 11 is 0. The number of rotatable bonds is 5. The van der Waals surface area contributed by atoms with Gasteiger partial charge in [0.05, 0.1) is 0 Å². The van der Waals surface area contributed by atoms with Crippen LogP contribution in [0.4, 0.5) is 0 Å². The predicted octanol–water partition coefficient (Wildman–Crippen LogP) is 8.33. The summed E-state index contributed by atoms with van der Waals surface area (Å²) in [5.41, 5.74) is 2.02. The molecule has 0 radical (unpaired) electrons. The Kier molecular flexibility index (Phi) is 6.46. The molecule has 3 heteroatoms. The van der Waals surface area contributed by atoms with Crippen LogP contribution in [0.5, 0.6) is 0 Å². The number of carbonyl (C=O) groups is 1. The zero-order valence-corrected chi connectivity index (χ0v) is 23.4. The highest BCUT2D eigenvalue weighted by atomic mass is 28.4. The minimum Gasteiger partial charge on any atom is -0.414 e. The molecule has 2 nitrogen and oxygen atoms in total. The minimum absolute atomic E-state index is 0.0318. The first-order valence-corrected chi connectivity index (χ1v) is 16.7. The van der Waals surface area contributed by atoms with Crippen LogP contribution in [0, 0.1) is 34.5 Å². The quantitative estimate of drug-likeness (QED) is 0.306. The van der Waals surface area contributed by atoms with Crippen molar-refractivity contribution >= 4 is 14.1 Å². The smallest absolute Gasteiger partial charge is 0.192 e. The molecule has 0 unspecified atom stereocenters. The summed E-state index contributed by atoms with van der Waals surface area (Å²) in [6, 6.07) is 0. The fraction of sp³-hybridized carbons (Fsp3) is 0.897. The first-order chi connectivity index (χ1) is 14.8. The molecule has 7 atom stereocenters. The molecule has 32 heavy (non-hydrogen) atoms. The zero-order chi connectivity index (χ0) is 23.5. The van der Waals surface area contributed by atoms with E-state index >= 15 is 0 Å². The number of hydrogen-bond acceptors (Lipinski definition) is 2. The van der Waals surface area contributed by atoms with Gasteiger partial charge in [-0.15, -0.1) is 0 Å². The lowest BCUT2D eigenvalue weighted by Gasteiger charge is -2.59. The molecule has 0 aromatic heterocycles. The van der Waals surface area contributed by atoms with Crippen LogP contribution in [-0.2, 0) is 9.22 Å². The van der Waals surface area contributed by atoms with Gasteiger partial charge in [-0.2, -0.15) is 0 Å². The average molecular weight is 459 g/mol. The van der Waals surface area contributed by atoms with Gasteiger partial charge in [-0.3, -0.25) is 4.79 Å². The van der Waals surface area contributed by atoms with Gasteiger partial charge in [0.25, 0.3) is 0 Å². The van der Waals surface area contributed by atoms with Crippen molar-refractivity contribution in [1.82, 2.24) is 0 Å². The number of unbranched alkanes of at least 4 members (excludes halogenated alkanes) is 1. The van der Waals surface area contributed by atoms with E-state index in [0.29, 0.717) is 29.1 Å². The SMILES string of the molecule is CCCC[C@H]1C=C2C[C@@H](O[Si](C)(C)C(C)(C)C)CC[C@]2(C)[C@H]2CC[C@]3(C)C(=O)CC[C@H]3[C@H]12. The summed E-state index contributed by atoms with van der Waals surface area (Å²) in [4.78, 5) is 12.9. The topological polar surface area (TPSA) is 26.3 Å². The van der Waals surface area contributed by atoms with Crippen molar-refractivity contribution in [2.45, 2.75) is 130 Å². The molecule has 0 aromatic rings. The van der Waals surface area contributed by atoms with E-state index in [2.05, 4.69) is 60.7 Å². The van der Waals surface area contributed by atoms with E-state index in [0.717, 1.165) is 37.5 Å². The van der Waals surface area contributed by atoms with E-state index < -0.39 is 8.32 Å². The summed E-state index contributed by atoms with van der Waals surface area (Å²) in [5, 5.41) is 0.270. The normalized spacial score (nSPS) is 42.2. The molecular weight excluding hydrogens is 408 g/mol. The lowest BCUT2D eigenvalue weighted by molar-refractivity contribution is -0.133. The number of hydrogen-bond donors (Lipinski definition) is 0. The summed E-state index contributed by atoms with van der Waals surface area (Å²) in [5.74, 6) is 3.35. The van der Waals surface area contributed by atoms with Crippen LogP contribution in [0.3, 0.4) is 0 Å². The molecule has 4 rings (SSSR count). The second-order valence-corrected chi connectivity index (χ2v) is 18.6. The van der Waals surface area contributed by atoms with Crippen molar-refractivity contribution in [3.63, 3.8) is 0 Å². The van der Waals surface area contributed by atoms with E-state index in [1.807, 2.05) is 0 Å². The Bertz CT molecular complexity index is 762. The van der Waals surface area contributed by atoms with Gasteiger partial charge in [-0.1, -0.05) is 66.0 Å². The van der Waals surface area contributed by atoms with Gasteiger partial charge in [-0.25, -0.2) is 0 Å². The molecule has 182 valence electrons. The summed E-state index contributed by atoms with van der Waals surface area (Å²) in [7, 11) is -1.75. The van der Waals surface area contributed by atoms with Crippen molar-refractivity contribution in [2.24, 2.45) is 34.5 Å². The Balaban J connectivity index is 1.64. The van der Waals surface area contributed by atoms with Crippen molar-refractivity contribution < 1.29 is 9.22 Å². The molecule has 0 bridgehead atoms. The highest BCUT2D eigenvalue weighted by Gasteiger charge is 2.60. The number of ketones is 1. The summed E-state index contributed by atoms with van der Waals surface area (Å²) in [6.07, 6.45) is 15.0. The third-order valence-electron chi connectivity index (χ3n) is 11.1. The van der Waals surface area contributed by atoms with Gasteiger partial charge in [0.15, 0.2) is 8.32 Å². The first kappa shape index (κ1) is 24.7. The van der Waals surface area contributed by atoms with Gasteiger partial charge < -0.3 is 4.43 Å². The molecule has 0 saturated heterocycles. The number of Topliss-reactive ketones (excluding diaryl/α,β-unsaturated/α-hetero) is 1. The molecule has 3 fully saturated rings. The summed E-state index contributed by atoms with van der Waals surface area (Å²) in [6.45, 7) is 19.1. The Morgan fingerprint density at radius 2 is 1.72 bits per heavy atom. The average Bonchev–Trinajstić information content (AvgIpc) is 3.00. The molecule has 3 saturated carbocycles. The molecule has 0 spiro atoms. The van der Waals surface area contributed by atoms with E-state index in [-0.39, 0.29) is 10.5 Å². The molecule has 4 aliphatic rings. The van der Waals surface area contributed by atoms with E-state index in [1.165, 1.54) is 38.5 Å². The fourth-order valence-corrected chi connectivity index (χ4v) is 9.36. The Morgan fingerprint density at radius 3 is 2.38 bits per heavy atom. The van der Waals surface area contributed by atoms with Crippen LogP contribution in [-0.4, -0.2) is 20.2 Å².